The van der Waals surface area contributed by atoms with Gasteiger partial charge in [0.15, 0.2) is 28.1 Å². The number of nitrogens with zero attached hydrogens (tertiary/aromatic N) is 2. The van der Waals surface area contributed by atoms with Crippen molar-refractivity contribution in [1.82, 2.24) is 4.98 Å². The SMILES string of the molecule is CCCCCOc1ccc(C2C(C(=O)c3ccco3)=C(O)C(=O)N2c2nc3ccc(F)cc3s2)cc1OCC. The van der Waals surface area contributed by atoms with Crippen LogP contribution in [0.4, 0.5) is 9.52 Å². The number of fused-ring (bicyclic) bond motifs is 1. The molecular weight excluding hydrogens is 523 g/mol. The summed E-state index contributed by atoms with van der Waals surface area (Å²) in [4.78, 5) is 32.7. The molecule has 0 saturated carbocycles. The first kappa shape index (κ1) is 26.4. The van der Waals surface area contributed by atoms with Gasteiger partial charge in [0.2, 0.25) is 5.78 Å². The molecule has 1 aliphatic rings. The summed E-state index contributed by atoms with van der Waals surface area (Å²) in [6.07, 6.45) is 4.34. The average molecular weight is 551 g/mol. The monoisotopic (exact) mass is 550 g/mol. The van der Waals surface area contributed by atoms with E-state index in [1.54, 1.807) is 24.3 Å². The predicted molar refractivity (Wildman–Crippen MR) is 145 cm³/mol. The number of aliphatic hydroxyl groups excluding tert-OH is 1. The molecule has 0 saturated heterocycles. The largest absolute Gasteiger partial charge is 0.503 e. The minimum atomic E-state index is -1.05. The first-order valence-electron chi connectivity index (χ1n) is 12.7. The Bertz CT molecular complexity index is 1540. The lowest BCUT2D eigenvalue weighted by Crippen LogP contribution is -2.31. The molecule has 0 bridgehead atoms. The second-order valence-corrected chi connectivity index (χ2v) is 9.96. The third-order valence-corrected chi connectivity index (χ3v) is 7.35. The van der Waals surface area contributed by atoms with E-state index in [4.69, 9.17) is 13.9 Å². The number of rotatable bonds is 11. The number of halogens is 1. The number of anilines is 1. The van der Waals surface area contributed by atoms with Crippen LogP contribution in [-0.4, -0.2) is 35.0 Å². The zero-order valence-corrected chi connectivity index (χ0v) is 22.3. The number of Topliss-reactive ketones (excluding diaryl/α,β-unsaturated/α-hetero) is 1. The van der Waals surface area contributed by atoms with Crippen molar-refractivity contribution in [1.29, 1.82) is 0 Å². The first-order chi connectivity index (χ1) is 18.9. The van der Waals surface area contributed by atoms with Crippen LogP contribution in [0.5, 0.6) is 11.5 Å². The number of carbonyl (C=O) groups excluding carboxylic acids is 2. The number of aromatic nitrogens is 1. The third kappa shape index (κ3) is 5.12. The summed E-state index contributed by atoms with van der Waals surface area (Å²) in [6, 6.07) is 11.2. The van der Waals surface area contributed by atoms with E-state index in [0.717, 1.165) is 30.6 Å². The maximum Gasteiger partial charge on any atom is 0.296 e. The highest BCUT2D eigenvalue weighted by atomic mass is 32.1. The Balaban J connectivity index is 1.61. The molecule has 202 valence electrons. The zero-order valence-electron chi connectivity index (χ0n) is 21.5. The molecule has 0 aliphatic carbocycles. The van der Waals surface area contributed by atoms with Gasteiger partial charge in [0, 0.05) is 0 Å². The van der Waals surface area contributed by atoms with Gasteiger partial charge in [-0.1, -0.05) is 37.2 Å². The number of aliphatic hydroxyl groups is 1. The summed E-state index contributed by atoms with van der Waals surface area (Å²) in [5.41, 5.74) is 0.829. The van der Waals surface area contributed by atoms with Crippen molar-refractivity contribution >= 4 is 38.4 Å². The molecule has 4 aromatic rings. The van der Waals surface area contributed by atoms with Crippen LogP contribution in [-0.2, 0) is 4.79 Å². The maximum absolute atomic E-state index is 13.9. The van der Waals surface area contributed by atoms with E-state index in [-0.39, 0.29) is 16.5 Å². The smallest absolute Gasteiger partial charge is 0.296 e. The summed E-state index contributed by atoms with van der Waals surface area (Å²) in [7, 11) is 0. The summed E-state index contributed by atoms with van der Waals surface area (Å²) < 4.78 is 31.5. The van der Waals surface area contributed by atoms with Crippen LogP contribution in [0, 0.1) is 5.82 Å². The van der Waals surface area contributed by atoms with Gasteiger partial charge in [-0.25, -0.2) is 9.37 Å². The number of amides is 1. The van der Waals surface area contributed by atoms with Crippen LogP contribution in [0.2, 0.25) is 0 Å². The molecule has 5 rings (SSSR count). The molecule has 2 aromatic heterocycles. The molecule has 1 aliphatic heterocycles. The highest BCUT2D eigenvalue weighted by Crippen LogP contribution is 2.45. The summed E-state index contributed by atoms with van der Waals surface area (Å²) >= 11 is 1.08. The molecule has 1 amide bonds. The first-order valence-corrected chi connectivity index (χ1v) is 13.5. The standard InChI is InChI=1S/C29H27FN2O6S/c1-3-5-6-13-37-20-12-9-17(15-22(20)36-4-2)25-24(26(33)21-8-7-14-38-21)27(34)28(35)32(25)29-31-19-11-10-18(30)16-23(19)39-29/h7-12,14-16,25,34H,3-6,13H2,1-2H3. The maximum atomic E-state index is 13.9. The van der Waals surface area contributed by atoms with E-state index in [1.165, 1.54) is 35.4 Å². The fourth-order valence-electron chi connectivity index (χ4n) is 4.50. The van der Waals surface area contributed by atoms with Gasteiger partial charge in [0.05, 0.1) is 41.3 Å². The van der Waals surface area contributed by atoms with Crippen molar-refractivity contribution in [3.8, 4) is 11.5 Å². The Morgan fingerprint density at radius 3 is 2.72 bits per heavy atom. The molecule has 0 fully saturated rings. The van der Waals surface area contributed by atoms with E-state index in [1.807, 2.05) is 6.92 Å². The van der Waals surface area contributed by atoms with Crippen molar-refractivity contribution in [3.05, 3.63) is 83.3 Å². The molecule has 1 N–H and O–H groups in total. The number of benzene rings is 2. The van der Waals surface area contributed by atoms with E-state index in [9.17, 15) is 19.1 Å². The van der Waals surface area contributed by atoms with Gasteiger partial charge in [-0.05, 0) is 61.4 Å². The van der Waals surface area contributed by atoms with Gasteiger partial charge >= 0.3 is 0 Å². The lowest BCUT2D eigenvalue weighted by molar-refractivity contribution is -0.117. The van der Waals surface area contributed by atoms with E-state index in [2.05, 4.69) is 11.9 Å². The van der Waals surface area contributed by atoms with Gasteiger partial charge < -0.3 is 19.0 Å². The Kier molecular flexibility index (Phi) is 7.65. The molecule has 10 heteroatoms. The molecule has 1 atom stereocenters. The fourth-order valence-corrected chi connectivity index (χ4v) is 5.51. The molecule has 8 nitrogen and oxygen atoms in total. The number of unbranched alkanes of at least 4 members (excludes halogenated alkanes) is 2. The lowest BCUT2D eigenvalue weighted by atomic mass is 9.95. The van der Waals surface area contributed by atoms with Gasteiger partial charge in [0.25, 0.3) is 5.91 Å². The molecule has 1 unspecified atom stereocenters. The number of carbonyl (C=O) groups is 2. The molecular formula is C29H27FN2O6S. The van der Waals surface area contributed by atoms with Crippen LogP contribution in [0.15, 0.2) is 70.5 Å². The molecule has 39 heavy (non-hydrogen) atoms. The fraction of sp³-hybridized carbons (Fsp3) is 0.276. The molecule has 3 heterocycles. The Morgan fingerprint density at radius 1 is 1.13 bits per heavy atom. The predicted octanol–water partition coefficient (Wildman–Crippen LogP) is 6.78. The van der Waals surface area contributed by atoms with Gasteiger partial charge in [-0.15, -0.1) is 0 Å². The topological polar surface area (TPSA) is 102 Å². The number of furan rings is 1. The van der Waals surface area contributed by atoms with Gasteiger partial charge in [-0.2, -0.15) is 0 Å². The van der Waals surface area contributed by atoms with E-state index in [0.29, 0.717) is 40.5 Å². The van der Waals surface area contributed by atoms with Crippen molar-refractivity contribution in [2.75, 3.05) is 18.1 Å². The summed E-state index contributed by atoms with van der Waals surface area (Å²) in [5.74, 6) is -1.62. The van der Waals surface area contributed by atoms with Crippen LogP contribution >= 0.6 is 11.3 Å². The van der Waals surface area contributed by atoms with Crippen molar-refractivity contribution < 1.29 is 33.0 Å². The Labute approximate surface area is 228 Å². The van der Waals surface area contributed by atoms with E-state index >= 15 is 0 Å². The van der Waals surface area contributed by atoms with Crippen LogP contribution < -0.4 is 14.4 Å². The molecule has 0 spiro atoms. The van der Waals surface area contributed by atoms with Crippen molar-refractivity contribution in [2.24, 2.45) is 0 Å². The number of ether oxygens (including phenoxy) is 2. The summed E-state index contributed by atoms with van der Waals surface area (Å²) in [5, 5.41) is 11.2. The van der Waals surface area contributed by atoms with E-state index < -0.39 is 29.3 Å². The second kappa shape index (κ2) is 11.3. The van der Waals surface area contributed by atoms with Crippen molar-refractivity contribution in [2.45, 2.75) is 39.2 Å². The molecule has 2 aromatic carbocycles. The highest BCUT2D eigenvalue weighted by molar-refractivity contribution is 7.22. The molecule has 0 radical (unpaired) electrons. The third-order valence-electron chi connectivity index (χ3n) is 6.33. The number of ketones is 1. The van der Waals surface area contributed by atoms with Gasteiger partial charge in [-0.3, -0.25) is 14.5 Å². The van der Waals surface area contributed by atoms with Gasteiger partial charge in [0.1, 0.15) is 5.82 Å². The number of hydrogen-bond donors (Lipinski definition) is 1. The minimum absolute atomic E-state index is 0.0246. The average Bonchev–Trinajstić information content (AvgIpc) is 3.66. The van der Waals surface area contributed by atoms with Crippen LogP contribution in [0.1, 0.15) is 55.3 Å². The minimum Gasteiger partial charge on any atom is -0.503 e. The number of hydrogen-bond acceptors (Lipinski definition) is 8. The quantitative estimate of drug-likeness (QED) is 0.162. The second-order valence-electron chi connectivity index (χ2n) is 8.95. The van der Waals surface area contributed by atoms with Crippen molar-refractivity contribution in [3.63, 3.8) is 0 Å². The lowest BCUT2D eigenvalue weighted by Gasteiger charge is -2.25. The normalized spacial score (nSPS) is 15.4. The van der Waals surface area contributed by atoms with Crippen LogP contribution in [0.25, 0.3) is 10.2 Å². The Morgan fingerprint density at radius 2 is 1.97 bits per heavy atom. The Hall–Kier alpha value is -4.18. The number of thiazole rings is 1. The zero-order chi connectivity index (χ0) is 27.5. The summed E-state index contributed by atoms with van der Waals surface area (Å²) in [6.45, 7) is 4.84. The highest BCUT2D eigenvalue weighted by Gasteiger charge is 2.46. The van der Waals surface area contributed by atoms with Crippen LogP contribution in [0.3, 0.4) is 0 Å².